The van der Waals surface area contributed by atoms with Gasteiger partial charge in [-0.15, -0.1) is 0 Å². The largest absolute Gasteiger partial charge is 0.465 e. The second-order valence-electron chi connectivity index (χ2n) is 14.2. The molecule has 1 spiro atoms. The quantitative estimate of drug-likeness (QED) is 0.235. The van der Waals surface area contributed by atoms with Crippen molar-refractivity contribution in [1.29, 1.82) is 0 Å². The first-order valence-corrected chi connectivity index (χ1v) is 17.3. The number of Topliss-reactive ketones (excluding diaryl/α,β-unsaturated/α-hetero) is 1. The van der Waals surface area contributed by atoms with Gasteiger partial charge in [-0.1, -0.05) is 32.0 Å². The minimum Gasteiger partial charge on any atom is -0.465 e. The van der Waals surface area contributed by atoms with Crippen LogP contribution in [0, 0.1) is 17.3 Å². The first kappa shape index (κ1) is 41.9. The molecule has 3 aliphatic rings. The summed E-state index contributed by atoms with van der Waals surface area (Å²) in [5, 5.41) is 13.2. The minimum absolute atomic E-state index is 0.117. The number of ether oxygens (including phenoxy) is 8. The Balaban J connectivity index is 2.16. The molecule has 11 unspecified atom stereocenters. The van der Waals surface area contributed by atoms with Crippen LogP contribution in [0.1, 0.15) is 79.1 Å². The lowest BCUT2D eigenvalue weighted by molar-refractivity contribution is -0.376. The molecule has 0 radical (unpaired) electrons. The van der Waals surface area contributed by atoms with Crippen molar-refractivity contribution < 1.29 is 81.4 Å². The number of ketones is 1. The zero-order valence-electron chi connectivity index (χ0n) is 31.5. The molecule has 2 aliphatic carbocycles. The number of rotatable bonds is 12. The SMILES string of the molecule is CCC(C)C(=O)OC1C(OC(C)=O)C(OC(C)=O)C2(COC(C)=O)C(OC(C)=O)C(=O)C3C(OC(C)=O)C2(OC3(C)COC(=O)c2ccccc2)C1(C)O. The van der Waals surface area contributed by atoms with Gasteiger partial charge in [-0.3, -0.25) is 33.6 Å². The van der Waals surface area contributed by atoms with Gasteiger partial charge in [0, 0.05) is 34.6 Å². The van der Waals surface area contributed by atoms with Crippen molar-refractivity contribution in [2.75, 3.05) is 13.2 Å². The highest BCUT2D eigenvalue weighted by molar-refractivity contribution is 5.94. The number of aliphatic hydroxyl groups is 1. The Kier molecular flexibility index (Phi) is 12.0. The first-order valence-electron chi connectivity index (χ1n) is 17.3. The van der Waals surface area contributed by atoms with E-state index in [9.17, 15) is 38.7 Å². The van der Waals surface area contributed by atoms with Gasteiger partial charge in [0.15, 0.2) is 35.8 Å². The van der Waals surface area contributed by atoms with Crippen LogP contribution in [0.25, 0.3) is 0 Å². The monoisotopic (exact) mass is 762 g/mol. The molecule has 2 saturated carbocycles. The van der Waals surface area contributed by atoms with Crippen LogP contribution in [0.4, 0.5) is 0 Å². The van der Waals surface area contributed by atoms with E-state index in [0.717, 1.165) is 41.5 Å². The number of hydrogen-bond donors (Lipinski definition) is 1. The standard InChI is InChI=1S/C37H46O17/c1-10-18(2)32(44)53-30-27(49-20(4)39)31(52-23(7)42)36(17-47-19(3)38)29(51-22(6)41)26(43)25-28(50-21(5)40)37(36,35(30,9)46)54-34(25,8)16-48-33(45)24-14-12-11-13-15-24/h11-15,18,25,27-31,46H,10,16-17H2,1-9H3. The van der Waals surface area contributed by atoms with Crippen LogP contribution in [0.2, 0.25) is 0 Å². The summed E-state index contributed by atoms with van der Waals surface area (Å²) < 4.78 is 46.9. The summed E-state index contributed by atoms with van der Waals surface area (Å²) in [6.45, 7) is 8.59. The van der Waals surface area contributed by atoms with Crippen molar-refractivity contribution in [2.24, 2.45) is 17.3 Å². The summed E-state index contributed by atoms with van der Waals surface area (Å²) in [6.07, 6.45) is -10.1. The summed E-state index contributed by atoms with van der Waals surface area (Å²) in [7, 11) is 0. The highest BCUT2D eigenvalue weighted by Gasteiger charge is 2.91. The Bertz CT molecular complexity index is 1690. The average molecular weight is 763 g/mol. The fraction of sp³-hybridized carbons (Fsp3) is 0.622. The molecule has 4 rings (SSSR count). The Morgan fingerprint density at radius 3 is 1.81 bits per heavy atom. The van der Waals surface area contributed by atoms with E-state index >= 15 is 4.79 Å². The van der Waals surface area contributed by atoms with Crippen molar-refractivity contribution in [3.63, 3.8) is 0 Å². The van der Waals surface area contributed by atoms with Crippen molar-refractivity contribution in [3.8, 4) is 0 Å². The topological polar surface area (TPSA) is 231 Å². The molecule has 2 bridgehead atoms. The number of carbonyl (C=O) groups is 8. The predicted molar refractivity (Wildman–Crippen MR) is 179 cm³/mol. The molecule has 0 amide bonds. The van der Waals surface area contributed by atoms with Gasteiger partial charge in [0.2, 0.25) is 0 Å². The Morgan fingerprint density at radius 1 is 0.741 bits per heavy atom. The summed E-state index contributed by atoms with van der Waals surface area (Å²) in [4.78, 5) is 106. The summed E-state index contributed by atoms with van der Waals surface area (Å²) in [5.74, 6) is -10.6. The molecule has 3 fully saturated rings. The maximum atomic E-state index is 15.1. The van der Waals surface area contributed by atoms with Gasteiger partial charge in [-0.05, 0) is 32.4 Å². The van der Waals surface area contributed by atoms with E-state index in [1.54, 1.807) is 25.1 Å². The van der Waals surface area contributed by atoms with E-state index < -0.39 is 125 Å². The molecule has 1 saturated heterocycles. The van der Waals surface area contributed by atoms with E-state index in [4.69, 9.17) is 37.9 Å². The molecule has 1 aliphatic heterocycles. The van der Waals surface area contributed by atoms with Crippen molar-refractivity contribution >= 4 is 47.6 Å². The van der Waals surface area contributed by atoms with Crippen LogP contribution in [-0.2, 0) is 71.5 Å². The van der Waals surface area contributed by atoms with Gasteiger partial charge in [-0.25, -0.2) is 4.79 Å². The third kappa shape index (κ3) is 7.06. The van der Waals surface area contributed by atoms with Gasteiger partial charge >= 0.3 is 41.8 Å². The lowest BCUT2D eigenvalue weighted by Crippen LogP contribution is -2.88. The molecule has 0 aromatic heterocycles. The molecule has 296 valence electrons. The number of fused-ring (bicyclic) bond motifs is 1. The van der Waals surface area contributed by atoms with Crippen LogP contribution in [0.5, 0.6) is 0 Å². The molecular weight excluding hydrogens is 716 g/mol. The maximum Gasteiger partial charge on any atom is 0.338 e. The highest BCUT2D eigenvalue weighted by atomic mass is 16.7. The van der Waals surface area contributed by atoms with Crippen LogP contribution < -0.4 is 0 Å². The number of esters is 7. The summed E-state index contributed by atoms with van der Waals surface area (Å²) in [5.41, 5.74) is -10.2. The second-order valence-corrected chi connectivity index (χ2v) is 14.2. The van der Waals surface area contributed by atoms with Crippen LogP contribution >= 0.6 is 0 Å². The smallest absolute Gasteiger partial charge is 0.338 e. The molecule has 54 heavy (non-hydrogen) atoms. The zero-order valence-corrected chi connectivity index (χ0v) is 31.5. The number of hydrogen-bond acceptors (Lipinski definition) is 17. The normalized spacial score (nSPS) is 34.3. The fourth-order valence-electron chi connectivity index (χ4n) is 8.06. The fourth-order valence-corrected chi connectivity index (χ4v) is 8.06. The van der Waals surface area contributed by atoms with Crippen LogP contribution in [0.15, 0.2) is 30.3 Å². The third-order valence-electron chi connectivity index (χ3n) is 10.3. The molecule has 1 aromatic carbocycles. The molecule has 1 heterocycles. The Hall–Kier alpha value is -4.90. The van der Waals surface area contributed by atoms with Gasteiger partial charge in [-0.2, -0.15) is 0 Å². The predicted octanol–water partition coefficient (Wildman–Crippen LogP) is 1.57. The molecule has 11 atom stereocenters. The minimum atomic E-state index is -2.80. The van der Waals surface area contributed by atoms with Crippen molar-refractivity contribution in [2.45, 2.75) is 116 Å². The average Bonchev–Trinajstić information content (AvgIpc) is 3.31. The highest BCUT2D eigenvalue weighted by Crippen LogP contribution is 2.68. The summed E-state index contributed by atoms with van der Waals surface area (Å²) >= 11 is 0. The van der Waals surface area contributed by atoms with E-state index in [1.165, 1.54) is 26.0 Å². The van der Waals surface area contributed by atoms with E-state index in [0.29, 0.717) is 0 Å². The van der Waals surface area contributed by atoms with Gasteiger partial charge in [0.1, 0.15) is 35.9 Å². The van der Waals surface area contributed by atoms with Crippen molar-refractivity contribution in [3.05, 3.63) is 35.9 Å². The Labute approximate surface area is 311 Å². The molecular formula is C37H46O17. The Morgan fingerprint density at radius 2 is 1.30 bits per heavy atom. The lowest BCUT2D eigenvalue weighted by atomic mass is 9.45. The number of benzene rings is 1. The van der Waals surface area contributed by atoms with Crippen LogP contribution in [-0.4, -0.2) is 113 Å². The van der Waals surface area contributed by atoms with Crippen LogP contribution in [0.3, 0.4) is 0 Å². The number of carbonyl (C=O) groups excluding carboxylic acids is 8. The van der Waals surface area contributed by atoms with Gasteiger partial charge in [0.25, 0.3) is 0 Å². The van der Waals surface area contributed by atoms with E-state index in [2.05, 4.69) is 0 Å². The molecule has 17 nitrogen and oxygen atoms in total. The zero-order chi connectivity index (χ0) is 40.6. The second kappa shape index (κ2) is 15.5. The van der Waals surface area contributed by atoms with Gasteiger partial charge in [0.05, 0.1) is 17.4 Å². The molecule has 1 aromatic rings. The summed E-state index contributed by atoms with van der Waals surface area (Å²) in [6, 6.07) is 7.76. The van der Waals surface area contributed by atoms with E-state index in [-0.39, 0.29) is 12.0 Å². The van der Waals surface area contributed by atoms with Crippen molar-refractivity contribution in [1.82, 2.24) is 0 Å². The van der Waals surface area contributed by atoms with Gasteiger partial charge < -0.3 is 43.0 Å². The molecule has 1 N–H and O–H groups in total. The van der Waals surface area contributed by atoms with E-state index in [1.807, 2.05) is 0 Å². The third-order valence-corrected chi connectivity index (χ3v) is 10.3. The molecule has 17 heteroatoms. The first-order chi connectivity index (χ1) is 25.1. The maximum absolute atomic E-state index is 15.1. The lowest BCUT2D eigenvalue weighted by Gasteiger charge is -2.66.